The first kappa shape index (κ1) is 17.1. The van der Waals surface area contributed by atoms with Crippen LogP contribution >= 0.6 is 0 Å². The maximum Gasteiger partial charge on any atom is 0.303 e. The number of nitrogens with zero attached hydrogens (tertiary/aromatic N) is 1. The highest BCUT2D eigenvalue weighted by Crippen LogP contribution is 2.24. The number of likely N-dealkylation sites (tertiary alicyclic amines) is 1. The van der Waals surface area contributed by atoms with Crippen LogP contribution in [0.15, 0.2) is 29.1 Å². The van der Waals surface area contributed by atoms with Crippen molar-refractivity contribution in [3.8, 4) is 0 Å². The number of carbonyl (C=O) groups is 2. The molecule has 0 radical (unpaired) electrons. The van der Waals surface area contributed by atoms with E-state index in [1.54, 1.807) is 4.90 Å². The van der Waals surface area contributed by atoms with Gasteiger partial charge in [0.25, 0.3) is 5.91 Å². The third-order valence-corrected chi connectivity index (χ3v) is 4.61. The van der Waals surface area contributed by atoms with E-state index in [9.17, 15) is 18.8 Å². The third-order valence-electron chi connectivity index (χ3n) is 4.61. The summed E-state index contributed by atoms with van der Waals surface area (Å²) in [6, 6.07) is 5.11. The van der Waals surface area contributed by atoms with Gasteiger partial charge in [-0.15, -0.1) is 0 Å². The fraction of sp³-hybridized carbons (Fsp3) is 0.389. The van der Waals surface area contributed by atoms with Gasteiger partial charge in [-0.3, -0.25) is 14.4 Å². The Morgan fingerprint density at radius 1 is 1.32 bits per heavy atom. The number of carbonyl (C=O) groups excluding carboxylic acids is 1. The van der Waals surface area contributed by atoms with Crippen LogP contribution in [0.5, 0.6) is 0 Å². The predicted molar refractivity (Wildman–Crippen MR) is 90.0 cm³/mol. The number of nitrogens with one attached hydrogen (secondary N) is 1. The maximum atomic E-state index is 13.6. The Morgan fingerprint density at radius 2 is 2.12 bits per heavy atom. The minimum absolute atomic E-state index is 0.0752. The Bertz CT molecular complexity index is 877. The first-order chi connectivity index (χ1) is 11.9. The van der Waals surface area contributed by atoms with Gasteiger partial charge in [-0.2, -0.15) is 0 Å². The number of aromatic nitrogens is 1. The predicted octanol–water partition coefficient (Wildman–Crippen LogP) is 2.38. The highest BCUT2D eigenvalue weighted by Gasteiger charge is 2.26. The van der Waals surface area contributed by atoms with Crippen molar-refractivity contribution in [2.75, 3.05) is 13.1 Å². The summed E-state index contributed by atoms with van der Waals surface area (Å²) in [5, 5.41) is 9.19. The van der Waals surface area contributed by atoms with E-state index in [0.717, 1.165) is 12.8 Å². The molecule has 1 amide bonds. The van der Waals surface area contributed by atoms with Crippen LogP contribution in [-0.2, 0) is 4.79 Å². The van der Waals surface area contributed by atoms with Gasteiger partial charge >= 0.3 is 5.97 Å². The van der Waals surface area contributed by atoms with Gasteiger partial charge in [0.1, 0.15) is 5.82 Å². The van der Waals surface area contributed by atoms with Crippen molar-refractivity contribution in [2.24, 2.45) is 5.92 Å². The van der Waals surface area contributed by atoms with Crippen molar-refractivity contribution in [3.63, 3.8) is 0 Å². The van der Waals surface area contributed by atoms with E-state index in [1.165, 1.54) is 24.3 Å². The maximum absolute atomic E-state index is 13.6. The number of amides is 1. The third kappa shape index (κ3) is 3.87. The minimum Gasteiger partial charge on any atom is -0.481 e. The Labute approximate surface area is 143 Å². The van der Waals surface area contributed by atoms with Crippen LogP contribution in [0.4, 0.5) is 4.39 Å². The number of benzene rings is 1. The van der Waals surface area contributed by atoms with Crippen molar-refractivity contribution >= 4 is 22.8 Å². The topological polar surface area (TPSA) is 90.5 Å². The fourth-order valence-corrected chi connectivity index (χ4v) is 3.39. The number of hydrogen-bond donors (Lipinski definition) is 2. The largest absolute Gasteiger partial charge is 0.481 e. The molecule has 0 aliphatic carbocycles. The van der Waals surface area contributed by atoms with Crippen LogP contribution in [0.3, 0.4) is 0 Å². The summed E-state index contributed by atoms with van der Waals surface area (Å²) in [7, 11) is 0. The number of hydrogen-bond acceptors (Lipinski definition) is 3. The SMILES string of the molecule is O=C(O)CCC1CCCN(C(=O)c2cc(=O)[nH]c3ccc(F)cc23)C1. The fourth-order valence-electron chi connectivity index (χ4n) is 3.39. The van der Waals surface area contributed by atoms with Gasteiger partial charge in [0.15, 0.2) is 0 Å². The molecule has 0 bridgehead atoms. The molecule has 0 spiro atoms. The summed E-state index contributed by atoms with van der Waals surface area (Å²) < 4.78 is 13.6. The first-order valence-corrected chi connectivity index (χ1v) is 8.27. The van der Waals surface area contributed by atoms with Crippen molar-refractivity contribution in [2.45, 2.75) is 25.7 Å². The average molecular weight is 346 g/mol. The zero-order valence-corrected chi connectivity index (χ0v) is 13.6. The molecule has 1 saturated heterocycles. The van der Waals surface area contributed by atoms with E-state index in [4.69, 9.17) is 5.11 Å². The molecule has 1 aromatic carbocycles. The molecule has 2 N–H and O–H groups in total. The zero-order valence-electron chi connectivity index (χ0n) is 13.6. The summed E-state index contributed by atoms with van der Waals surface area (Å²) in [6.07, 6.45) is 2.25. The van der Waals surface area contributed by atoms with Gasteiger partial charge < -0.3 is 15.0 Å². The molecule has 1 unspecified atom stereocenters. The van der Waals surface area contributed by atoms with Crippen LogP contribution in [-0.4, -0.2) is 40.0 Å². The van der Waals surface area contributed by atoms with E-state index in [1.807, 2.05) is 0 Å². The second-order valence-electron chi connectivity index (χ2n) is 6.43. The summed E-state index contributed by atoms with van der Waals surface area (Å²) in [5.74, 6) is -1.52. The number of halogens is 1. The Hall–Kier alpha value is -2.70. The average Bonchev–Trinajstić information content (AvgIpc) is 2.59. The molecule has 1 aliphatic rings. The molecular weight excluding hydrogens is 327 g/mol. The number of rotatable bonds is 4. The second-order valence-corrected chi connectivity index (χ2v) is 6.43. The standard InChI is InChI=1S/C18H19FN2O4/c19-12-4-5-15-13(8-12)14(9-16(22)20-15)18(25)21-7-1-2-11(10-21)3-6-17(23)24/h4-5,8-9,11H,1-3,6-7,10H2,(H,20,22)(H,23,24). The lowest BCUT2D eigenvalue weighted by molar-refractivity contribution is -0.137. The highest BCUT2D eigenvalue weighted by atomic mass is 19.1. The number of piperidine rings is 1. The molecule has 1 aliphatic heterocycles. The van der Waals surface area contributed by atoms with Gasteiger partial charge in [-0.05, 0) is 43.4 Å². The number of aromatic amines is 1. The molecule has 2 heterocycles. The molecule has 25 heavy (non-hydrogen) atoms. The lowest BCUT2D eigenvalue weighted by atomic mass is 9.93. The van der Waals surface area contributed by atoms with Crippen LogP contribution < -0.4 is 5.56 Å². The molecule has 3 rings (SSSR count). The number of fused-ring (bicyclic) bond motifs is 1. The lowest BCUT2D eigenvalue weighted by Crippen LogP contribution is -2.40. The Kier molecular flexibility index (Phi) is 4.83. The molecule has 7 heteroatoms. The summed E-state index contributed by atoms with van der Waals surface area (Å²) in [4.78, 5) is 39.7. The number of aliphatic carboxylic acids is 1. The Balaban J connectivity index is 1.87. The number of H-pyrrole nitrogens is 1. The summed E-state index contributed by atoms with van der Waals surface area (Å²) >= 11 is 0. The molecule has 1 fully saturated rings. The van der Waals surface area contributed by atoms with Crippen LogP contribution in [0.2, 0.25) is 0 Å². The number of carboxylic acids is 1. The molecule has 1 aromatic heterocycles. The van der Waals surface area contributed by atoms with Gasteiger partial charge in [0.05, 0.1) is 5.56 Å². The molecule has 132 valence electrons. The van der Waals surface area contributed by atoms with Crippen LogP contribution in [0, 0.1) is 11.7 Å². The molecule has 6 nitrogen and oxygen atoms in total. The monoisotopic (exact) mass is 346 g/mol. The molecular formula is C18H19FN2O4. The summed E-state index contributed by atoms with van der Waals surface area (Å²) in [6.45, 7) is 1.00. The molecule has 0 saturated carbocycles. The van der Waals surface area contributed by atoms with Gasteiger partial charge in [0, 0.05) is 36.5 Å². The van der Waals surface area contributed by atoms with Crippen molar-refractivity contribution in [3.05, 3.63) is 46.0 Å². The van der Waals surface area contributed by atoms with E-state index in [-0.39, 0.29) is 23.8 Å². The van der Waals surface area contributed by atoms with Crippen LogP contribution in [0.1, 0.15) is 36.0 Å². The molecule has 2 aromatic rings. The van der Waals surface area contributed by atoms with E-state index in [2.05, 4.69) is 4.98 Å². The summed E-state index contributed by atoms with van der Waals surface area (Å²) in [5.41, 5.74) is 0.177. The number of carboxylic acid groups (broad SMARTS) is 1. The van der Waals surface area contributed by atoms with E-state index >= 15 is 0 Å². The van der Waals surface area contributed by atoms with E-state index < -0.39 is 17.3 Å². The van der Waals surface area contributed by atoms with Crippen molar-refractivity contribution < 1.29 is 19.1 Å². The van der Waals surface area contributed by atoms with Crippen LogP contribution in [0.25, 0.3) is 10.9 Å². The van der Waals surface area contributed by atoms with Gasteiger partial charge in [-0.25, -0.2) is 4.39 Å². The van der Waals surface area contributed by atoms with Gasteiger partial charge in [-0.1, -0.05) is 0 Å². The van der Waals surface area contributed by atoms with Crippen molar-refractivity contribution in [1.82, 2.24) is 9.88 Å². The number of pyridine rings is 1. The van der Waals surface area contributed by atoms with Gasteiger partial charge in [0.2, 0.25) is 5.56 Å². The second kappa shape index (κ2) is 7.04. The lowest BCUT2D eigenvalue weighted by Gasteiger charge is -2.33. The van der Waals surface area contributed by atoms with E-state index in [0.29, 0.717) is 30.4 Å². The zero-order chi connectivity index (χ0) is 18.0. The Morgan fingerprint density at radius 3 is 2.88 bits per heavy atom. The highest BCUT2D eigenvalue weighted by molar-refractivity contribution is 6.06. The normalized spacial score (nSPS) is 17.6. The van der Waals surface area contributed by atoms with Crippen molar-refractivity contribution in [1.29, 1.82) is 0 Å². The smallest absolute Gasteiger partial charge is 0.303 e. The quantitative estimate of drug-likeness (QED) is 0.889. The first-order valence-electron chi connectivity index (χ1n) is 8.27. The molecule has 1 atom stereocenters. The minimum atomic E-state index is -0.848.